The lowest BCUT2D eigenvalue weighted by Crippen LogP contribution is -2.30. The van der Waals surface area contributed by atoms with E-state index in [1.165, 1.54) is 25.7 Å². The average molecular weight is 205 g/mol. The summed E-state index contributed by atoms with van der Waals surface area (Å²) < 4.78 is 0. The first kappa shape index (κ1) is 11.8. The van der Waals surface area contributed by atoms with Gasteiger partial charge in [0.2, 0.25) is 5.91 Å². The molecule has 0 heterocycles. The Kier molecular flexibility index (Phi) is 5.52. The van der Waals surface area contributed by atoms with Gasteiger partial charge < -0.3 is 5.32 Å². The maximum atomic E-state index is 10.5. The van der Waals surface area contributed by atoms with Crippen LogP contribution in [0.4, 0.5) is 0 Å². The Labute approximate surface area is 91.7 Å². The third kappa shape index (κ3) is 5.89. The van der Waals surface area contributed by atoms with Crippen LogP contribution in [-0.2, 0) is 4.79 Å². The van der Waals surface area contributed by atoms with E-state index in [4.69, 9.17) is 0 Å². The van der Waals surface area contributed by atoms with Gasteiger partial charge in [-0.25, -0.2) is 0 Å². The number of benzene rings is 1. The zero-order valence-corrected chi connectivity index (χ0v) is 9.28. The first-order valence-corrected chi connectivity index (χ1v) is 5.56. The lowest BCUT2D eigenvalue weighted by Gasteiger charge is -2.07. The average Bonchev–Trinajstić information content (AvgIpc) is 2.73. The first-order valence-electron chi connectivity index (χ1n) is 5.56. The standard InChI is InChI=1S/C7H13NO.C6H6/c1-6(9)8-7-4-2-3-5-7;1-2-4-6-5-3-1/h7H,2-5H2,1H3,(H,8,9);1-6H. The van der Waals surface area contributed by atoms with Crippen LogP contribution in [0, 0.1) is 0 Å². The number of nitrogens with one attached hydrogen (secondary N) is 1. The van der Waals surface area contributed by atoms with Crippen LogP contribution in [0.15, 0.2) is 36.4 Å². The third-order valence-corrected chi connectivity index (χ3v) is 2.43. The molecule has 1 fully saturated rings. The lowest BCUT2D eigenvalue weighted by molar-refractivity contribution is -0.119. The Morgan fingerprint density at radius 1 is 1.00 bits per heavy atom. The maximum absolute atomic E-state index is 10.5. The summed E-state index contributed by atoms with van der Waals surface area (Å²) in [7, 11) is 0. The number of hydrogen-bond donors (Lipinski definition) is 1. The van der Waals surface area contributed by atoms with Crippen LogP contribution in [0.2, 0.25) is 0 Å². The molecule has 1 aliphatic rings. The summed E-state index contributed by atoms with van der Waals surface area (Å²) >= 11 is 0. The minimum absolute atomic E-state index is 0.113. The molecule has 1 aromatic carbocycles. The van der Waals surface area contributed by atoms with Gasteiger partial charge in [-0.2, -0.15) is 0 Å². The molecule has 2 rings (SSSR count). The summed E-state index contributed by atoms with van der Waals surface area (Å²) in [6, 6.07) is 12.5. The number of hydrogen-bond acceptors (Lipinski definition) is 1. The number of rotatable bonds is 1. The van der Waals surface area contributed by atoms with E-state index in [1.54, 1.807) is 6.92 Å². The smallest absolute Gasteiger partial charge is 0.217 e. The number of amides is 1. The van der Waals surface area contributed by atoms with Crippen molar-refractivity contribution < 1.29 is 4.79 Å². The molecular formula is C13H19NO. The van der Waals surface area contributed by atoms with Crippen molar-refractivity contribution in [1.29, 1.82) is 0 Å². The van der Waals surface area contributed by atoms with Gasteiger partial charge in [-0.1, -0.05) is 49.2 Å². The molecule has 0 bridgehead atoms. The van der Waals surface area contributed by atoms with Crippen LogP contribution in [0.1, 0.15) is 32.6 Å². The van der Waals surface area contributed by atoms with Crippen LogP contribution in [0.5, 0.6) is 0 Å². The van der Waals surface area contributed by atoms with E-state index in [0.29, 0.717) is 6.04 Å². The molecular weight excluding hydrogens is 186 g/mol. The Morgan fingerprint density at radius 2 is 1.40 bits per heavy atom. The zero-order chi connectivity index (χ0) is 10.9. The molecule has 0 atom stereocenters. The van der Waals surface area contributed by atoms with Crippen molar-refractivity contribution in [3.05, 3.63) is 36.4 Å². The predicted octanol–water partition coefficient (Wildman–Crippen LogP) is 2.75. The van der Waals surface area contributed by atoms with Crippen molar-refractivity contribution >= 4 is 5.91 Å². The number of carbonyl (C=O) groups excluding carboxylic acids is 1. The SMILES string of the molecule is CC(=O)NC1CCCC1.c1ccccc1. The van der Waals surface area contributed by atoms with Crippen molar-refractivity contribution in [2.75, 3.05) is 0 Å². The van der Waals surface area contributed by atoms with E-state index in [1.807, 2.05) is 36.4 Å². The van der Waals surface area contributed by atoms with Crippen molar-refractivity contribution in [1.82, 2.24) is 5.32 Å². The summed E-state index contributed by atoms with van der Waals surface area (Å²) in [5.41, 5.74) is 0. The highest BCUT2D eigenvalue weighted by atomic mass is 16.1. The van der Waals surface area contributed by atoms with E-state index in [0.717, 1.165) is 0 Å². The topological polar surface area (TPSA) is 29.1 Å². The summed E-state index contributed by atoms with van der Waals surface area (Å²) in [6.07, 6.45) is 4.93. The largest absolute Gasteiger partial charge is 0.354 e. The molecule has 15 heavy (non-hydrogen) atoms. The Bertz CT molecular complexity index is 238. The molecule has 0 aromatic heterocycles. The van der Waals surface area contributed by atoms with Gasteiger partial charge >= 0.3 is 0 Å². The van der Waals surface area contributed by atoms with Crippen LogP contribution < -0.4 is 5.32 Å². The van der Waals surface area contributed by atoms with Gasteiger partial charge in [0.1, 0.15) is 0 Å². The van der Waals surface area contributed by atoms with Crippen LogP contribution in [0.3, 0.4) is 0 Å². The molecule has 2 heteroatoms. The van der Waals surface area contributed by atoms with E-state index in [2.05, 4.69) is 5.32 Å². The second-order valence-electron chi connectivity index (χ2n) is 3.84. The highest BCUT2D eigenvalue weighted by Gasteiger charge is 2.14. The molecule has 1 N–H and O–H groups in total. The van der Waals surface area contributed by atoms with Crippen LogP contribution >= 0.6 is 0 Å². The van der Waals surface area contributed by atoms with Crippen molar-refractivity contribution in [2.24, 2.45) is 0 Å². The van der Waals surface area contributed by atoms with Gasteiger partial charge in [-0.05, 0) is 12.8 Å². The van der Waals surface area contributed by atoms with Gasteiger partial charge in [-0.3, -0.25) is 4.79 Å². The first-order chi connectivity index (χ1) is 7.29. The van der Waals surface area contributed by atoms with Crippen molar-refractivity contribution in [3.8, 4) is 0 Å². The summed E-state index contributed by atoms with van der Waals surface area (Å²) in [4.78, 5) is 10.5. The second-order valence-corrected chi connectivity index (χ2v) is 3.84. The second kappa shape index (κ2) is 7.04. The minimum atomic E-state index is 0.113. The molecule has 0 aliphatic heterocycles. The van der Waals surface area contributed by atoms with Gasteiger partial charge in [-0.15, -0.1) is 0 Å². The summed E-state index contributed by atoms with van der Waals surface area (Å²) in [6.45, 7) is 1.58. The highest BCUT2D eigenvalue weighted by molar-refractivity contribution is 5.73. The van der Waals surface area contributed by atoms with Crippen molar-refractivity contribution in [3.63, 3.8) is 0 Å². The fraction of sp³-hybridized carbons (Fsp3) is 0.462. The van der Waals surface area contributed by atoms with Gasteiger partial charge in [0.25, 0.3) is 0 Å². The van der Waals surface area contributed by atoms with E-state index < -0.39 is 0 Å². The Balaban J connectivity index is 0.000000162. The molecule has 0 spiro atoms. The molecule has 0 radical (unpaired) electrons. The monoisotopic (exact) mass is 205 g/mol. The van der Waals surface area contributed by atoms with E-state index >= 15 is 0 Å². The molecule has 0 unspecified atom stereocenters. The molecule has 1 aliphatic carbocycles. The molecule has 1 aromatic rings. The maximum Gasteiger partial charge on any atom is 0.217 e. The predicted molar refractivity (Wildman–Crippen MR) is 62.5 cm³/mol. The lowest BCUT2D eigenvalue weighted by atomic mass is 10.2. The summed E-state index contributed by atoms with van der Waals surface area (Å²) in [5.74, 6) is 0.113. The molecule has 0 saturated heterocycles. The highest BCUT2D eigenvalue weighted by Crippen LogP contribution is 2.17. The van der Waals surface area contributed by atoms with Gasteiger partial charge in [0, 0.05) is 13.0 Å². The normalized spacial score (nSPS) is 15.3. The Hall–Kier alpha value is -1.31. The van der Waals surface area contributed by atoms with Gasteiger partial charge in [0.05, 0.1) is 0 Å². The fourth-order valence-electron chi connectivity index (χ4n) is 1.74. The molecule has 82 valence electrons. The van der Waals surface area contributed by atoms with Crippen molar-refractivity contribution in [2.45, 2.75) is 38.6 Å². The van der Waals surface area contributed by atoms with E-state index in [9.17, 15) is 4.79 Å². The molecule has 2 nitrogen and oxygen atoms in total. The van der Waals surface area contributed by atoms with E-state index in [-0.39, 0.29) is 5.91 Å². The molecule has 1 saturated carbocycles. The summed E-state index contributed by atoms with van der Waals surface area (Å²) in [5, 5.41) is 2.90. The number of carbonyl (C=O) groups is 1. The molecule has 1 amide bonds. The quantitative estimate of drug-likeness (QED) is 0.750. The van der Waals surface area contributed by atoms with Crippen LogP contribution in [-0.4, -0.2) is 11.9 Å². The fourth-order valence-corrected chi connectivity index (χ4v) is 1.74. The van der Waals surface area contributed by atoms with Gasteiger partial charge in [0.15, 0.2) is 0 Å². The minimum Gasteiger partial charge on any atom is -0.354 e. The zero-order valence-electron chi connectivity index (χ0n) is 9.28. The van der Waals surface area contributed by atoms with Crippen LogP contribution in [0.25, 0.3) is 0 Å². The third-order valence-electron chi connectivity index (χ3n) is 2.43. The Morgan fingerprint density at radius 3 is 1.73 bits per heavy atom.